The van der Waals surface area contributed by atoms with Crippen molar-refractivity contribution in [3.8, 4) is 5.75 Å². The van der Waals surface area contributed by atoms with Gasteiger partial charge in [-0.15, -0.1) is 0 Å². The van der Waals surface area contributed by atoms with Gasteiger partial charge in [0.15, 0.2) is 0 Å². The molecular formula is C19H24N2O2. The first-order chi connectivity index (χ1) is 11.0. The summed E-state index contributed by atoms with van der Waals surface area (Å²) >= 11 is 0. The number of nitrogens with one attached hydrogen (secondary N) is 2. The third-order valence-electron chi connectivity index (χ3n) is 3.87. The summed E-state index contributed by atoms with van der Waals surface area (Å²) in [7, 11) is 1.59. The molecule has 23 heavy (non-hydrogen) atoms. The minimum absolute atomic E-state index is 0.0229. The molecule has 0 aliphatic rings. The molecule has 122 valence electrons. The number of benzene rings is 2. The van der Waals surface area contributed by atoms with E-state index in [9.17, 15) is 4.79 Å². The average molecular weight is 312 g/mol. The lowest BCUT2D eigenvalue weighted by molar-refractivity contribution is 0.248. The summed E-state index contributed by atoms with van der Waals surface area (Å²) in [5, 5.41) is 5.89. The molecule has 0 saturated carbocycles. The predicted octanol–water partition coefficient (Wildman–Crippen LogP) is 4.58. The van der Waals surface area contributed by atoms with Crippen molar-refractivity contribution < 1.29 is 9.53 Å². The van der Waals surface area contributed by atoms with E-state index in [-0.39, 0.29) is 12.1 Å². The highest BCUT2D eigenvalue weighted by atomic mass is 16.5. The van der Waals surface area contributed by atoms with Gasteiger partial charge < -0.3 is 15.4 Å². The molecule has 0 heterocycles. The van der Waals surface area contributed by atoms with Crippen LogP contribution in [-0.2, 0) is 0 Å². The molecule has 2 aromatic rings. The molecule has 4 heteroatoms. The van der Waals surface area contributed by atoms with Gasteiger partial charge in [-0.25, -0.2) is 4.79 Å². The maximum absolute atomic E-state index is 12.3. The van der Waals surface area contributed by atoms with Crippen LogP contribution in [0.5, 0.6) is 5.75 Å². The van der Waals surface area contributed by atoms with Crippen molar-refractivity contribution in [2.45, 2.75) is 33.2 Å². The Bertz CT molecular complexity index is 683. The van der Waals surface area contributed by atoms with Crippen LogP contribution < -0.4 is 15.4 Å². The number of ether oxygens (including phenoxy) is 1. The maximum atomic E-state index is 12.3. The largest absolute Gasteiger partial charge is 0.495 e. The van der Waals surface area contributed by atoms with Crippen LogP contribution in [0.1, 0.15) is 36.1 Å². The molecule has 2 amide bonds. The molecule has 2 aromatic carbocycles. The molecular weight excluding hydrogens is 288 g/mol. The highest BCUT2D eigenvalue weighted by Crippen LogP contribution is 2.24. The van der Waals surface area contributed by atoms with E-state index >= 15 is 0 Å². The Hall–Kier alpha value is -2.49. The van der Waals surface area contributed by atoms with Gasteiger partial charge in [-0.3, -0.25) is 0 Å². The normalized spacial score (nSPS) is 11.7. The van der Waals surface area contributed by atoms with Gasteiger partial charge in [0.2, 0.25) is 0 Å². The summed E-state index contributed by atoms with van der Waals surface area (Å²) in [5.41, 5.74) is 4.21. The molecule has 0 aromatic heterocycles. The first-order valence-corrected chi connectivity index (χ1v) is 7.82. The number of para-hydroxylation sites is 2. The highest BCUT2D eigenvalue weighted by molar-refractivity contribution is 5.91. The van der Waals surface area contributed by atoms with E-state index in [1.807, 2.05) is 24.3 Å². The Labute approximate surface area is 137 Å². The van der Waals surface area contributed by atoms with Gasteiger partial charge in [-0.1, -0.05) is 42.8 Å². The van der Waals surface area contributed by atoms with Crippen LogP contribution in [0, 0.1) is 13.8 Å². The van der Waals surface area contributed by atoms with Gasteiger partial charge in [0, 0.05) is 0 Å². The summed E-state index contributed by atoms with van der Waals surface area (Å²) in [5.74, 6) is 0.641. The number of carbonyl (C=O) groups excluding carboxylic acids is 1. The fourth-order valence-electron chi connectivity index (χ4n) is 2.68. The molecule has 0 fully saturated rings. The van der Waals surface area contributed by atoms with Crippen molar-refractivity contribution >= 4 is 11.7 Å². The second kappa shape index (κ2) is 7.68. The molecule has 4 nitrogen and oxygen atoms in total. The van der Waals surface area contributed by atoms with Gasteiger partial charge in [0.1, 0.15) is 5.75 Å². The number of aryl methyl sites for hydroxylation is 2. The van der Waals surface area contributed by atoms with Crippen LogP contribution in [0.3, 0.4) is 0 Å². The van der Waals surface area contributed by atoms with E-state index in [2.05, 4.69) is 49.6 Å². The first-order valence-electron chi connectivity index (χ1n) is 7.82. The molecule has 0 aliphatic heterocycles. The Kier molecular flexibility index (Phi) is 5.63. The van der Waals surface area contributed by atoms with E-state index in [1.165, 1.54) is 11.1 Å². The van der Waals surface area contributed by atoms with E-state index in [1.54, 1.807) is 7.11 Å². The van der Waals surface area contributed by atoms with Crippen molar-refractivity contribution in [3.63, 3.8) is 0 Å². The molecule has 2 N–H and O–H groups in total. The number of rotatable bonds is 5. The van der Waals surface area contributed by atoms with Crippen LogP contribution in [-0.4, -0.2) is 13.1 Å². The zero-order valence-electron chi connectivity index (χ0n) is 14.1. The lowest BCUT2D eigenvalue weighted by atomic mass is 9.98. The van der Waals surface area contributed by atoms with E-state index < -0.39 is 0 Å². The first kappa shape index (κ1) is 16.9. The molecule has 0 spiro atoms. The Morgan fingerprint density at radius 2 is 1.91 bits per heavy atom. The van der Waals surface area contributed by atoms with E-state index in [0.29, 0.717) is 11.4 Å². The second-order valence-electron chi connectivity index (χ2n) is 5.62. The topological polar surface area (TPSA) is 50.4 Å². The minimum atomic E-state index is -0.235. The van der Waals surface area contributed by atoms with Crippen molar-refractivity contribution in [1.29, 1.82) is 0 Å². The third kappa shape index (κ3) is 4.25. The van der Waals surface area contributed by atoms with E-state index in [0.717, 1.165) is 12.0 Å². The van der Waals surface area contributed by atoms with Crippen molar-refractivity contribution in [2.24, 2.45) is 0 Å². The highest BCUT2D eigenvalue weighted by Gasteiger charge is 2.15. The van der Waals surface area contributed by atoms with Gasteiger partial charge >= 0.3 is 6.03 Å². The van der Waals surface area contributed by atoms with Crippen LogP contribution in [0.15, 0.2) is 42.5 Å². The molecule has 0 saturated heterocycles. The van der Waals surface area contributed by atoms with Gasteiger partial charge in [-0.2, -0.15) is 0 Å². The standard InChI is InChI=1S/C19H24N2O2/c1-5-16(15-11-10-13(2)12-14(15)3)20-19(22)21-17-8-6-7-9-18(17)23-4/h6-12,16H,5H2,1-4H3,(H2,20,21,22)/t16-/m0/s1. The summed E-state index contributed by atoms with van der Waals surface area (Å²) in [6, 6.07) is 13.4. The van der Waals surface area contributed by atoms with Gasteiger partial charge in [0.25, 0.3) is 0 Å². The maximum Gasteiger partial charge on any atom is 0.319 e. The number of hydrogen-bond donors (Lipinski definition) is 2. The zero-order chi connectivity index (χ0) is 16.8. The second-order valence-corrected chi connectivity index (χ2v) is 5.62. The average Bonchev–Trinajstić information content (AvgIpc) is 2.53. The van der Waals surface area contributed by atoms with Crippen molar-refractivity contribution in [1.82, 2.24) is 5.32 Å². The molecule has 0 bridgehead atoms. The van der Waals surface area contributed by atoms with Gasteiger partial charge in [0.05, 0.1) is 18.8 Å². The van der Waals surface area contributed by atoms with Crippen LogP contribution in [0.4, 0.5) is 10.5 Å². The lowest BCUT2D eigenvalue weighted by Gasteiger charge is -2.20. The fourth-order valence-corrected chi connectivity index (χ4v) is 2.68. The van der Waals surface area contributed by atoms with Crippen LogP contribution in [0.2, 0.25) is 0 Å². The SMILES string of the molecule is CC[C@H](NC(=O)Nc1ccccc1OC)c1ccc(C)cc1C. The Balaban J connectivity index is 2.11. The summed E-state index contributed by atoms with van der Waals surface area (Å²) in [6.45, 7) is 6.21. The molecule has 0 unspecified atom stereocenters. The quantitative estimate of drug-likeness (QED) is 0.848. The molecule has 2 rings (SSSR count). The fraction of sp³-hybridized carbons (Fsp3) is 0.316. The Morgan fingerprint density at radius 3 is 2.57 bits per heavy atom. The lowest BCUT2D eigenvalue weighted by Crippen LogP contribution is -2.32. The predicted molar refractivity (Wildman–Crippen MR) is 94.1 cm³/mol. The minimum Gasteiger partial charge on any atom is -0.495 e. The number of anilines is 1. The number of urea groups is 1. The summed E-state index contributed by atoms with van der Waals surface area (Å²) in [6.07, 6.45) is 0.823. The Morgan fingerprint density at radius 1 is 1.17 bits per heavy atom. The molecule has 0 aliphatic carbocycles. The van der Waals surface area contributed by atoms with Crippen LogP contribution >= 0.6 is 0 Å². The van der Waals surface area contributed by atoms with Crippen molar-refractivity contribution in [3.05, 3.63) is 59.2 Å². The van der Waals surface area contributed by atoms with Gasteiger partial charge in [-0.05, 0) is 43.5 Å². The summed E-state index contributed by atoms with van der Waals surface area (Å²) in [4.78, 5) is 12.3. The third-order valence-corrected chi connectivity index (χ3v) is 3.87. The van der Waals surface area contributed by atoms with Crippen molar-refractivity contribution in [2.75, 3.05) is 12.4 Å². The number of methoxy groups -OCH3 is 1. The zero-order valence-corrected chi connectivity index (χ0v) is 14.1. The number of hydrogen-bond acceptors (Lipinski definition) is 2. The monoisotopic (exact) mass is 312 g/mol. The number of amides is 2. The molecule has 0 radical (unpaired) electrons. The van der Waals surface area contributed by atoms with Crippen LogP contribution in [0.25, 0.3) is 0 Å². The smallest absolute Gasteiger partial charge is 0.319 e. The molecule has 1 atom stereocenters. The summed E-state index contributed by atoms with van der Waals surface area (Å²) < 4.78 is 5.25. The number of carbonyl (C=O) groups is 1. The van der Waals surface area contributed by atoms with E-state index in [4.69, 9.17) is 4.74 Å².